The first-order valence-corrected chi connectivity index (χ1v) is 8.27. The molecular formula is C15H32N6. The van der Waals surface area contributed by atoms with E-state index in [1.54, 1.807) is 6.21 Å². The van der Waals surface area contributed by atoms with E-state index in [0.717, 1.165) is 38.6 Å². The van der Waals surface area contributed by atoms with Crippen LogP contribution in [-0.4, -0.2) is 50.7 Å². The van der Waals surface area contributed by atoms with E-state index in [1.807, 2.05) is 0 Å². The minimum Gasteiger partial charge on any atom is -0.325 e. The summed E-state index contributed by atoms with van der Waals surface area (Å²) < 4.78 is 0. The van der Waals surface area contributed by atoms with Gasteiger partial charge in [-0.15, -0.1) is 0 Å². The van der Waals surface area contributed by atoms with Gasteiger partial charge in [-0.05, 0) is 45.3 Å². The molecule has 0 aliphatic heterocycles. The summed E-state index contributed by atoms with van der Waals surface area (Å²) in [5.41, 5.74) is 6.06. The molecule has 0 heterocycles. The molecule has 1 fully saturated rings. The Morgan fingerprint density at radius 2 is 1.86 bits per heavy atom. The highest BCUT2D eigenvalue weighted by atomic mass is 15.1. The summed E-state index contributed by atoms with van der Waals surface area (Å²) in [7, 11) is 0. The van der Waals surface area contributed by atoms with Crippen LogP contribution in [0.2, 0.25) is 0 Å². The van der Waals surface area contributed by atoms with Gasteiger partial charge < -0.3 is 22.2 Å². The molecule has 0 amide bonds. The maximum atomic E-state index is 5.43. The zero-order valence-electron chi connectivity index (χ0n) is 13.2. The van der Waals surface area contributed by atoms with Crippen molar-refractivity contribution in [3.05, 3.63) is 0 Å². The van der Waals surface area contributed by atoms with Crippen LogP contribution >= 0.6 is 0 Å². The van der Waals surface area contributed by atoms with Crippen molar-refractivity contribution in [2.45, 2.75) is 51.0 Å². The number of nitrogens with one attached hydrogen (secondary N) is 2. The average molecular weight is 296 g/mol. The van der Waals surface area contributed by atoms with Gasteiger partial charge in [0.25, 0.3) is 0 Å². The number of hydrogen-bond donors (Lipinski definition) is 4. The Morgan fingerprint density at radius 1 is 1.10 bits per heavy atom. The first-order chi connectivity index (χ1) is 10.4. The van der Waals surface area contributed by atoms with Gasteiger partial charge in [-0.25, -0.2) is 0 Å². The smallest absolute Gasteiger partial charge is 0.0913 e. The molecule has 6 nitrogen and oxygen atoms in total. The van der Waals surface area contributed by atoms with E-state index in [4.69, 9.17) is 11.6 Å². The van der Waals surface area contributed by atoms with Crippen LogP contribution in [0.1, 0.15) is 44.9 Å². The number of aliphatic imine (C=N–C) groups is 1. The van der Waals surface area contributed by atoms with Gasteiger partial charge in [-0.1, -0.05) is 19.3 Å². The Labute approximate surface area is 128 Å². The zero-order chi connectivity index (χ0) is 15.2. The van der Waals surface area contributed by atoms with Gasteiger partial charge in [0.2, 0.25) is 0 Å². The average Bonchev–Trinajstić information content (AvgIpc) is 2.54. The van der Waals surface area contributed by atoms with E-state index in [1.165, 1.54) is 38.5 Å². The Balaban J connectivity index is 1.84. The van der Waals surface area contributed by atoms with E-state index < -0.39 is 0 Å². The van der Waals surface area contributed by atoms with Crippen LogP contribution in [-0.2, 0) is 0 Å². The number of hydrazone groups is 1. The lowest BCUT2D eigenvalue weighted by Gasteiger charge is -2.22. The van der Waals surface area contributed by atoms with Gasteiger partial charge in [0.05, 0.1) is 5.71 Å². The summed E-state index contributed by atoms with van der Waals surface area (Å²) in [6.45, 7) is 4.32. The predicted molar refractivity (Wildman–Crippen MR) is 91.0 cm³/mol. The van der Waals surface area contributed by atoms with Gasteiger partial charge in [0, 0.05) is 25.3 Å². The van der Waals surface area contributed by atoms with Gasteiger partial charge in [0.15, 0.2) is 0 Å². The number of nitrogens with zero attached hydrogens (tertiary/aromatic N) is 2. The Kier molecular flexibility index (Phi) is 11.0. The number of nitrogens with two attached hydrogens (primary N) is 2. The van der Waals surface area contributed by atoms with E-state index in [-0.39, 0.29) is 0 Å². The highest BCUT2D eigenvalue weighted by Gasteiger charge is 2.11. The molecule has 0 aromatic carbocycles. The van der Waals surface area contributed by atoms with Gasteiger partial charge in [-0.3, -0.25) is 4.99 Å². The quantitative estimate of drug-likeness (QED) is 0.194. The largest absolute Gasteiger partial charge is 0.325 e. The second-order valence-corrected chi connectivity index (χ2v) is 5.61. The molecule has 0 aromatic heterocycles. The SMILES string of the molecule is NCC(C=NCCCNCCCNC1CCCCC1)=NN. The molecule has 0 bridgehead atoms. The molecule has 21 heavy (non-hydrogen) atoms. The second kappa shape index (κ2) is 12.7. The lowest BCUT2D eigenvalue weighted by Crippen LogP contribution is -2.33. The normalized spacial score (nSPS) is 17.7. The Hall–Kier alpha value is -0.980. The molecule has 6 heteroatoms. The first kappa shape index (κ1) is 18.1. The third-order valence-corrected chi connectivity index (χ3v) is 3.82. The van der Waals surface area contributed by atoms with Crippen molar-refractivity contribution in [3.63, 3.8) is 0 Å². The molecule has 0 radical (unpaired) electrons. The Bertz CT molecular complexity index is 297. The van der Waals surface area contributed by atoms with Crippen LogP contribution in [0.4, 0.5) is 0 Å². The maximum Gasteiger partial charge on any atom is 0.0913 e. The van der Waals surface area contributed by atoms with Gasteiger partial charge in [0.1, 0.15) is 0 Å². The van der Waals surface area contributed by atoms with E-state index >= 15 is 0 Å². The van der Waals surface area contributed by atoms with Crippen LogP contribution in [0.5, 0.6) is 0 Å². The molecule has 1 saturated carbocycles. The van der Waals surface area contributed by atoms with Crippen LogP contribution in [0.15, 0.2) is 10.1 Å². The summed E-state index contributed by atoms with van der Waals surface area (Å²) in [5, 5.41) is 10.6. The fourth-order valence-electron chi connectivity index (χ4n) is 2.56. The van der Waals surface area contributed by atoms with Crippen molar-refractivity contribution >= 4 is 11.9 Å². The van der Waals surface area contributed by atoms with Crippen molar-refractivity contribution in [1.29, 1.82) is 0 Å². The summed E-state index contributed by atoms with van der Waals surface area (Å²) in [4.78, 5) is 4.24. The van der Waals surface area contributed by atoms with Crippen molar-refractivity contribution in [3.8, 4) is 0 Å². The highest BCUT2D eigenvalue weighted by molar-refractivity contribution is 6.31. The molecule has 1 aliphatic rings. The molecule has 6 N–H and O–H groups in total. The van der Waals surface area contributed by atoms with Crippen LogP contribution in [0, 0.1) is 0 Å². The molecule has 0 unspecified atom stereocenters. The third kappa shape index (κ3) is 9.55. The minimum absolute atomic E-state index is 0.340. The molecule has 0 spiro atoms. The standard InChI is InChI=1S/C15H32N6/c16-12-15(21-17)13-19-10-4-8-18-9-5-11-20-14-6-2-1-3-7-14/h13-14,18,20H,1-12,16-17H2. The van der Waals surface area contributed by atoms with Crippen molar-refractivity contribution in [2.75, 3.05) is 32.7 Å². The van der Waals surface area contributed by atoms with E-state index in [9.17, 15) is 0 Å². The lowest BCUT2D eigenvalue weighted by molar-refractivity contribution is 0.371. The van der Waals surface area contributed by atoms with Gasteiger partial charge in [-0.2, -0.15) is 5.10 Å². The van der Waals surface area contributed by atoms with Crippen LogP contribution in [0.25, 0.3) is 0 Å². The lowest BCUT2D eigenvalue weighted by atomic mass is 9.95. The molecule has 122 valence electrons. The van der Waals surface area contributed by atoms with Crippen LogP contribution < -0.4 is 22.2 Å². The maximum absolute atomic E-state index is 5.43. The first-order valence-electron chi connectivity index (χ1n) is 8.27. The number of rotatable bonds is 11. The number of hydrogen-bond acceptors (Lipinski definition) is 6. The highest BCUT2D eigenvalue weighted by Crippen LogP contribution is 2.16. The molecule has 0 aromatic rings. The second-order valence-electron chi connectivity index (χ2n) is 5.61. The summed E-state index contributed by atoms with van der Waals surface area (Å²) in [6.07, 6.45) is 10.8. The topological polar surface area (TPSA) is 101 Å². The molecule has 1 aliphatic carbocycles. The third-order valence-electron chi connectivity index (χ3n) is 3.82. The summed E-state index contributed by atoms with van der Waals surface area (Å²) in [5.74, 6) is 5.14. The van der Waals surface area contributed by atoms with Crippen molar-refractivity contribution < 1.29 is 0 Å². The monoisotopic (exact) mass is 296 g/mol. The van der Waals surface area contributed by atoms with Gasteiger partial charge >= 0.3 is 0 Å². The summed E-state index contributed by atoms with van der Waals surface area (Å²) in [6, 6.07) is 0.772. The Morgan fingerprint density at radius 3 is 2.57 bits per heavy atom. The molecule has 1 rings (SSSR count). The fraction of sp³-hybridized carbons (Fsp3) is 0.867. The predicted octanol–water partition coefficient (Wildman–Crippen LogP) is 0.623. The molecule has 0 saturated heterocycles. The van der Waals surface area contributed by atoms with Crippen molar-refractivity contribution in [1.82, 2.24) is 10.6 Å². The van der Waals surface area contributed by atoms with Crippen molar-refractivity contribution in [2.24, 2.45) is 21.7 Å². The van der Waals surface area contributed by atoms with Crippen LogP contribution in [0.3, 0.4) is 0 Å². The minimum atomic E-state index is 0.340. The molecule has 0 atom stereocenters. The molecular weight excluding hydrogens is 264 g/mol. The fourth-order valence-corrected chi connectivity index (χ4v) is 2.56. The zero-order valence-corrected chi connectivity index (χ0v) is 13.2. The van der Waals surface area contributed by atoms with E-state index in [2.05, 4.69) is 20.7 Å². The van der Waals surface area contributed by atoms with E-state index in [0.29, 0.717) is 12.3 Å². The summed E-state index contributed by atoms with van der Waals surface area (Å²) >= 11 is 0.